The first-order chi connectivity index (χ1) is 5.70. The highest BCUT2D eigenvalue weighted by molar-refractivity contribution is 4.76. The van der Waals surface area contributed by atoms with Gasteiger partial charge in [-0.05, 0) is 32.2 Å². The largest absolute Gasteiger partial charge is 0.328 e. The smallest absolute Gasteiger partial charge is 0.00671 e. The SMILES string of the molecule is CC(N)C(C)CNC1CCCC1. The Kier molecular flexibility index (Phi) is 4.02. The van der Waals surface area contributed by atoms with Crippen molar-refractivity contribution in [3.8, 4) is 0 Å². The molecule has 0 aliphatic heterocycles. The predicted molar refractivity (Wildman–Crippen MR) is 53.1 cm³/mol. The lowest BCUT2D eigenvalue weighted by atomic mass is 10.0. The molecule has 0 aromatic carbocycles. The Labute approximate surface area is 75.9 Å². The van der Waals surface area contributed by atoms with Crippen LogP contribution in [0.5, 0.6) is 0 Å². The molecule has 1 aliphatic carbocycles. The molecule has 0 bridgehead atoms. The second kappa shape index (κ2) is 4.83. The summed E-state index contributed by atoms with van der Waals surface area (Å²) in [6, 6.07) is 1.10. The maximum Gasteiger partial charge on any atom is 0.00671 e. The van der Waals surface area contributed by atoms with Gasteiger partial charge in [-0.15, -0.1) is 0 Å². The molecule has 0 amide bonds. The Morgan fingerprint density at radius 1 is 1.33 bits per heavy atom. The lowest BCUT2D eigenvalue weighted by molar-refractivity contribution is 0.408. The summed E-state index contributed by atoms with van der Waals surface area (Å²) in [4.78, 5) is 0. The van der Waals surface area contributed by atoms with Crippen molar-refractivity contribution >= 4 is 0 Å². The number of nitrogens with two attached hydrogens (primary N) is 1. The minimum atomic E-state index is 0.318. The van der Waals surface area contributed by atoms with Crippen molar-refractivity contribution < 1.29 is 0 Å². The number of hydrogen-bond donors (Lipinski definition) is 2. The van der Waals surface area contributed by atoms with Crippen LogP contribution in [0, 0.1) is 5.92 Å². The van der Waals surface area contributed by atoms with Gasteiger partial charge in [0.2, 0.25) is 0 Å². The van der Waals surface area contributed by atoms with Crippen molar-refractivity contribution in [2.75, 3.05) is 6.54 Å². The van der Waals surface area contributed by atoms with Gasteiger partial charge in [0, 0.05) is 12.1 Å². The summed E-state index contributed by atoms with van der Waals surface area (Å²) in [6.07, 6.45) is 5.55. The summed E-state index contributed by atoms with van der Waals surface area (Å²) in [6.45, 7) is 5.38. The third kappa shape index (κ3) is 3.11. The molecule has 1 fully saturated rings. The molecule has 0 heterocycles. The summed E-state index contributed by atoms with van der Waals surface area (Å²) in [5, 5.41) is 3.58. The highest BCUT2D eigenvalue weighted by Crippen LogP contribution is 2.17. The van der Waals surface area contributed by atoms with Crippen LogP contribution in [0.1, 0.15) is 39.5 Å². The molecule has 0 aromatic heterocycles. The summed E-state index contributed by atoms with van der Waals surface area (Å²) in [7, 11) is 0. The van der Waals surface area contributed by atoms with Crippen LogP contribution in [0.15, 0.2) is 0 Å². The minimum absolute atomic E-state index is 0.318. The molecule has 2 nitrogen and oxygen atoms in total. The number of rotatable bonds is 4. The van der Waals surface area contributed by atoms with Crippen LogP contribution in [-0.2, 0) is 0 Å². The van der Waals surface area contributed by atoms with Gasteiger partial charge in [0.25, 0.3) is 0 Å². The van der Waals surface area contributed by atoms with Gasteiger partial charge in [-0.1, -0.05) is 19.8 Å². The molecule has 1 rings (SSSR count). The third-order valence-electron chi connectivity index (χ3n) is 2.98. The molecule has 72 valence electrons. The first kappa shape index (κ1) is 10.0. The maximum absolute atomic E-state index is 5.78. The van der Waals surface area contributed by atoms with E-state index in [-0.39, 0.29) is 0 Å². The van der Waals surface area contributed by atoms with E-state index in [1.165, 1.54) is 25.7 Å². The van der Waals surface area contributed by atoms with Gasteiger partial charge < -0.3 is 11.1 Å². The molecule has 0 spiro atoms. The third-order valence-corrected chi connectivity index (χ3v) is 2.98. The zero-order chi connectivity index (χ0) is 8.97. The molecule has 1 saturated carbocycles. The summed E-state index contributed by atoms with van der Waals surface area (Å²) in [5.74, 6) is 0.602. The zero-order valence-electron chi connectivity index (χ0n) is 8.34. The summed E-state index contributed by atoms with van der Waals surface area (Å²) < 4.78 is 0. The number of hydrogen-bond acceptors (Lipinski definition) is 2. The van der Waals surface area contributed by atoms with Gasteiger partial charge in [-0.3, -0.25) is 0 Å². The van der Waals surface area contributed by atoms with Gasteiger partial charge >= 0.3 is 0 Å². The average Bonchev–Trinajstić information content (AvgIpc) is 2.51. The van der Waals surface area contributed by atoms with E-state index in [2.05, 4.69) is 19.2 Å². The Balaban J connectivity index is 2.07. The molecule has 12 heavy (non-hydrogen) atoms. The highest BCUT2D eigenvalue weighted by atomic mass is 14.9. The first-order valence-electron chi connectivity index (χ1n) is 5.19. The molecule has 3 N–H and O–H groups in total. The van der Waals surface area contributed by atoms with Crippen molar-refractivity contribution in [2.24, 2.45) is 11.7 Å². The molecule has 0 saturated heterocycles. The van der Waals surface area contributed by atoms with Gasteiger partial charge in [0.15, 0.2) is 0 Å². The van der Waals surface area contributed by atoms with Crippen LogP contribution in [0.2, 0.25) is 0 Å². The van der Waals surface area contributed by atoms with Crippen molar-refractivity contribution in [3.05, 3.63) is 0 Å². The molecule has 2 atom stereocenters. The minimum Gasteiger partial charge on any atom is -0.328 e. The monoisotopic (exact) mass is 170 g/mol. The van der Waals surface area contributed by atoms with Crippen molar-refractivity contribution in [1.82, 2.24) is 5.32 Å². The van der Waals surface area contributed by atoms with Gasteiger partial charge in [-0.25, -0.2) is 0 Å². The molecule has 2 unspecified atom stereocenters. The molecule has 1 aliphatic rings. The van der Waals surface area contributed by atoms with E-state index in [0.717, 1.165) is 12.6 Å². The predicted octanol–water partition coefficient (Wildman–Crippen LogP) is 1.50. The fraction of sp³-hybridized carbons (Fsp3) is 1.00. The fourth-order valence-corrected chi connectivity index (χ4v) is 1.67. The highest BCUT2D eigenvalue weighted by Gasteiger charge is 2.15. The van der Waals surface area contributed by atoms with Crippen molar-refractivity contribution in [1.29, 1.82) is 0 Å². The van der Waals surface area contributed by atoms with E-state index in [0.29, 0.717) is 12.0 Å². The Hall–Kier alpha value is -0.0800. The molecule has 0 aromatic rings. The number of nitrogens with one attached hydrogen (secondary N) is 1. The summed E-state index contributed by atoms with van der Waals surface area (Å²) in [5.41, 5.74) is 5.78. The van der Waals surface area contributed by atoms with Crippen molar-refractivity contribution in [2.45, 2.75) is 51.6 Å². The van der Waals surface area contributed by atoms with Gasteiger partial charge in [0.1, 0.15) is 0 Å². The quantitative estimate of drug-likeness (QED) is 0.671. The second-order valence-corrected chi connectivity index (χ2v) is 4.23. The maximum atomic E-state index is 5.78. The normalized spacial score (nSPS) is 24.2. The summed E-state index contributed by atoms with van der Waals surface area (Å²) >= 11 is 0. The van der Waals surface area contributed by atoms with Crippen LogP contribution >= 0.6 is 0 Å². The van der Waals surface area contributed by atoms with E-state index in [1.54, 1.807) is 0 Å². The Morgan fingerprint density at radius 2 is 1.92 bits per heavy atom. The van der Waals surface area contributed by atoms with Crippen molar-refractivity contribution in [3.63, 3.8) is 0 Å². The second-order valence-electron chi connectivity index (χ2n) is 4.23. The fourth-order valence-electron chi connectivity index (χ4n) is 1.67. The topological polar surface area (TPSA) is 38.0 Å². The van der Waals surface area contributed by atoms with E-state index in [9.17, 15) is 0 Å². The lowest BCUT2D eigenvalue weighted by Crippen LogP contribution is -2.37. The Morgan fingerprint density at radius 3 is 2.42 bits per heavy atom. The van der Waals surface area contributed by atoms with Gasteiger partial charge in [0.05, 0.1) is 0 Å². The van der Waals surface area contributed by atoms with Crippen LogP contribution in [0.25, 0.3) is 0 Å². The van der Waals surface area contributed by atoms with E-state index >= 15 is 0 Å². The molecular formula is C10H22N2. The molecule has 0 radical (unpaired) electrons. The average molecular weight is 170 g/mol. The van der Waals surface area contributed by atoms with Crippen LogP contribution in [0.3, 0.4) is 0 Å². The van der Waals surface area contributed by atoms with E-state index < -0.39 is 0 Å². The Bertz CT molecular complexity index is 115. The van der Waals surface area contributed by atoms with Crippen LogP contribution in [-0.4, -0.2) is 18.6 Å². The van der Waals surface area contributed by atoms with Crippen LogP contribution in [0.4, 0.5) is 0 Å². The zero-order valence-corrected chi connectivity index (χ0v) is 8.34. The van der Waals surface area contributed by atoms with E-state index in [4.69, 9.17) is 5.73 Å². The first-order valence-corrected chi connectivity index (χ1v) is 5.19. The molecule has 2 heteroatoms. The van der Waals surface area contributed by atoms with E-state index in [1.807, 2.05) is 0 Å². The van der Waals surface area contributed by atoms with Gasteiger partial charge in [-0.2, -0.15) is 0 Å². The van der Waals surface area contributed by atoms with Crippen LogP contribution < -0.4 is 11.1 Å². The standard InChI is InChI=1S/C10H22N2/c1-8(9(2)11)7-12-10-5-3-4-6-10/h8-10,12H,3-7,11H2,1-2H3. The lowest BCUT2D eigenvalue weighted by Gasteiger charge is -2.19. The molecular weight excluding hydrogens is 148 g/mol.